The van der Waals surface area contributed by atoms with Gasteiger partial charge in [-0.25, -0.2) is 4.39 Å². The monoisotopic (exact) mass is 381 g/mol. The molecule has 134 valence electrons. The van der Waals surface area contributed by atoms with Crippen LogP contribution in [-0.4, -0.2) is 20.5 Å². The minimum absolute atomic E-state index is 0.300. The lowest BCUT2D eigenvalue weighted by atomic mass is 9.96. The average Bonchev–Trinajstić information content (AvgIpc) is 3.14. The Balaban J connectivity index is 2.38. The standard InChI is InChI=1S/C16H19F4NOS2/c1-14(2,3)24(22)21-13(15(4)7-8-15)10-5-6-12(11(17)9-10)23-16(18,19)20/h5-6,9H,7-8H2,1-4H3/b21-13+. The molecule has 1 saturated carbocycles. The number of hydrogen-bond donors (Lipinski definition) is 0. The van der Waals surface area contributed by atoms with Gasteiger partial charge in [0, 0.05) is 11.0 Å². The molecule has 1 aromatic carbocycles. The zero-order chi connectivity index (χ0) is 18.3. The highest BCUT2D eigenvalue weighted by Gasteiger charge is 2.45. The Kier molecular flexibility index (Phi) is 5.33. The Morgan fingerprint density at radius 2 is 1.83 bits per heavy atom. The van der Waals surface area contributed by atoms with E-state index in [4.69, 9.17) is 0 Å². The Labute approximate surface area is 146 Å². The molecular weight excluding hydrogens is 362 g/mol. The lowest BCUT2D eigenvalue weighted by molar-refractivity contribution is -0.0329. The van der Waals surface area contributed by atoms with Crippen LogP contribution in [0.3, 0.4) is 0 Å². The molecule has 1 fully saturated rings. The molecule has 0 spiro atoms. The van der Waals surface area contributed by atoms with Crippen LogP contribution in [0.25, 0.3) is 0 Å². The molecule has 1 aromatic rings. The summed E-state index contributed by atoms with van der Waals surface area (Å²) in [5, 5.41) is 0. The summed E-state index contributed by atoms with van der Waals surface area (Å²) in [6.07, 6.45) is 1.65. The second-order valence-electron chi connectivity index (χ2n) is 7.06. The van der Waals surface area contributed by atoms with Crippen LogP contribution in [0.4, 0.5) is 17.6 Å². The number of hydrogen-bond acceptors (Lipinski definition) is 3. The quantitative estimate of drug-likeness (QED) is 0.299. The largest absolute Gasteiger partial charge is 0.591 e. The van der Waals surface area contributed by atoms with Gasteiger partial charge >= 0.3 is 5.51 Å². The molecule has 0 saturated heterocycles. The highest BCUT2D eigenvalue weighted by molar-refractivity contribution is 8.00. The minimum Gasteiger partial charge on any atom is -0.591 e. The number of nitrogens with zero attached hydrogens (tertiary/aromatic N) is 1. The molecule has 8 heteroatoms. The van der Waals surface area contributed by atoms with Gasteiger partial charge in [-0.1, -0.05) is 17.4 Å². The summed E-state index contributed by atoms with van der Waals surface area (Å²) in [7, 11) is 0. The predicted octanol–water partition coefficient (Wildman–Crippen LogP) is 5.49. The maximum absolute atomic E-state index is 14.1. The van der Waals surface area contributed by atoms with E-state index in [0.29, 0.717) is 11.3 Å². The molecule has 1 aliphatic carbocycles. The maximum atomic E-state index is 14.1. The smallest absolute Gasteiger partial charge is 0.446 e. The van der Waals surface area contributed by atoms with Crippen molar-refractivity contribution >= 4 is 28.8 Å². The summed E-state index contributed by atoms with van der Waals surface area (Å²) in [5.74, 6) is -0.951. The Hall–Kier alpha value is -0.730. The number of benzene rings is 1. The lowest BCUT2D eigenvalue weighted by Crippen LogP contribution is -2.28. The van der Waals surface area contributed by atoms with Crippen LogP contribution in [-0.2, 0) is 11.4 Å². The van der Waals surface area contributed by atoms with Crippen LogP contribution in [0.1, 0.15) is 46.1 Å². The lowest BCUT2D eigenvalue weighted by Gasteiger charge is -2.21. The van der Waals surface area contributed by atoms with E-state index < -0.39 is 44.1 Å². The van der Waals surface area contributed by atoms with Crippen molar-refractivity contribution < 1.29 is 22.1 Å². The predicted molar refractivity (Wildman–Crippen MR) is 90.1 cm³/mol. The fourth-order valence-corrected chi connectivity index (χ4v) is 3.32. The number of alkyl halides is 3. The Morgan fingerprint density at radius 1 is 1.25 bits per heavy atom. The molecule has 0 radical (unpaired) electrons. The number of thioether (sulfide) groups is 1. The molecule has 0 amide bonds. The third-order valence-electron chi connectivity index (χ3n) is 3.70. The third-order valence-corrected chi connectivity index (χ3v) is 5.88. The summed E-state index contributed by atoms with van der Waals surface area (Å²) in [4.78, 5) is -0.483. The van der Waals surface area contributed by atoms with Gasteiger partial charge in [0.25, 0.3) is 0 Å². The fourth-order valence-electron chi connectivity index (χ4n) is 2.01. The van der Waals surface area contributed by atoms with Gasteiger partial charge in [-0.05, 0) is 57.5 Å². The second-order valence-corrected chi connectivity index (χ2v) is 10.1. The van der Waals surface area contributed by atoms with E-state index in [1.54, 1.807) is 20.8 Å². The van der Waals surface area contributed by atoms with E-state index in [2.05, 4.69) is 4.40 Å². The molecule has 1 atom stereocenters. The summed E-state index contributed by atoms with van der Waals surface area (Å²) >= 11 is -2.01. The first-order valence-electron chi connectivity index (χ1n) is 7.39. The first-order valence-corrected chi connectivity index (χ1v) is 9.31. The van der Waals surface area contributed by atoms with Crippen LogP contribution >= 0.6 is 11.8 Å². The summed E-state index contributed by atoms with van der Waals surface area (Å²) < 4.78 is 67.4. The molecule has 0 bridgehead atoms. The molecule has 2 rings (SSSR count). The molecule has 0 N–H and O–H groups in total. The molecule has 0 heterocycles. The van der Waals surface area contributed by atoms with Gasteiger partial charge in [-0.2, -0.15) is 13.2 Å². The first kappa shape index (κ1) is 19.6. The van der Waals surface area contributed by atoms with E-state index in [1.165, 1.54) is 6.07 Å². The van der Waals surface area contributed by atoms with E-state index in [9.17, 15) is 22.1 Å². The molecule has 24 heavy (non-hydrogen) atoms. The molecule has 0 aromatic heterocycles. The van der Waals surface area contributed by atoms with Crippen molar-refractivity contribution in [2.24, 2.45) is 9.81 Å². The number of rotatable bonds is 4. The highest BCUT2D eigenvalue weighted by Crippen LogP contribution is 2.49. The van der Waals surface area contributed by atoms with Gasteiger partial charge in [0.15, 0.2) is 0 Å². The second kappa shape index (κ2) is 6.53. The Bertz CT molecular complexity index is 648. The van der Waals surface area contributed by atoms with Gasteiger partial charge in [0.1, 0.15) is 27.6 Å². The van der Waals surface area contributed by atoms with Gasteiger partial charge in [-0.3, -0.25) is 0 Å². The Morgan fingerprint density at radius 3 is 2.25 bits per heavy atom. The van der Waals surface area contributed by atoms with Crippen LogP contribution in [0.5, 0.6) is 0 Å². The molecule has 2 nitrogen and oxygen atoms in total. The van der Waals surface area contributed by atoms with Crippen molar-refractivity contribution in [3.63, 3.8) is 0 Å². The summed E-state index contributed by atoms with van der Waals surface area (Å²) in [6.45, 7) is 7.28. The van der Waals surface area contributed by atoms with E-state index in [0.717, 1.165) is 25.0 Å². The normalized spacial score (nSPS) is 19.3. The maximum Gasteiger partial charge on any atom is 0.446 e. The van der Waals surface area contributed by atoms with Crippen molar-refractivity contribution in [3.8, 4) is 0 Å². The molecule has 1 aliphatic rings. The van der Waals surface area contributed by atoms with Gasteiger partial charge in [0.2, 0.25) is 0 Å². The van der Waals surface area contributed by atoms with Crippen LogP contribution < -0.4 is 0 Å². The van der Waals surface area contributed by atoms with E-state index >= 15 is 0 Å². The summed E-state index contributed by atoms with van der Waals surface area (Å²) in [5.41, 5.74) is -3.96. The zero-order valence-corrected chi connectivity index (χ0v) is 15.5. The van der Waals surface area contributed by atoms with Gasteiger partial charge in [-0.15, -0.1) is 0 Å². The van der Waals surface area contributed by atoms with Crippen LogP contribution in [0.15, 0.2) is 27.5 Å². The topological polar surface area (TPSA) is 35.4 Å². The zero-order valence-electron chi connectivity index (χ0n) is 13.8. The van der Waals surface area contributed by atoms with Gasteiger partial charge in [0.05, 0.1) is 4.90 Å². The van der Waals surface area contributed by atoms with Crippen molar-refractivity contribution in [2.45, 2.75) is 55.7 Å². The van der Waals surface area contributed by atoms with Gasteiger partial charge < -0.3 is 4.55 Å². The molecule has 0 aliphatic heterocycles. The van der Waals surface area contributed by atoms with E-state index in [-0.39, 0.29) is 5.41 Å². The van der Waals surface area contributed by atoms with Crippen molar-refractivity contribution in [3.05, 3.63) is 29.6 Å². The van der Waals surface area contributed by atoms with Crippen LogP contribution in [0, 0.1) is 11.2 Å². The first-order chi connectivity index (χ1) is 10.8. The minimum atomic E-state index is -4.55. The van der Waals surface area contributed by atoms with Crippen molar-refractivity contribution in [2.75, 3.05) is 0 Å². The fraction of sp³-hybridized carbons (Fsp3) is 0.562. The molecule has 1 unspecified atom stereocenters. The van der Waals surface area contributed by atoms with Crippen molar-refractivity contribution in [1.29, 1.82) is 0 Å². The SMILES string of the molecule is CC1(/C(=N/[S+]([O-])C(C)(C)C)c2ccc(SC(F)(F)F)c(F)c2)CC1. The van der Waals surface area contributed by atoms with Crippen LogP contribution in [0.2, 0.25) is 0 Å². The highest BCUT2D eigenvalue weighted by atomic mass is 32.2. The number of halogens is 4. The average molecular weight is 381 g/mol. The van der Waals surface area contributed by atoms with Crippen molar-refractivity contribution in [1.82, 2.24) is 0 Å². The third kappa shape index (κ3) is 4.89. The summed E-state index contributed by atoms with van der Waals surface area (Å²) in [6, 6.07) is 3.57. The van der Waals surface area contributed by atoms with E-state index in [1.807, 2.05) is 6.92 Å². The molecular formula is C16H19F4NOS2.